The molecule has 0 bridgehead atoms. The fourth-order valence-corrected chi connectivity index (χ4v) is 7.80. The number of methoxy groups -OCH3 is 1. The van der Waals surface area contributed by atoms with Crippen LogP contribution in [0.15, 0.2) is 36.7 Å². The second kappa shape index (κ2) is 12.8. The molecule has 3 aliphatic heterocycles. The molecule has 228 valence electrons. The first-order valence-electron chi connectivity index (χ1n) is 14.4. The maximum atomic E-state index is 13.8. The SMILES string of the molecule is CCCCN(C(=O)CN1C[C@H](c2cc(OC)c3c(c2)OCO3)C(C(=O)O)[C@@H]1CCN1CCCS1(=O)=O)c1cccnc1. The molecule has 0 aliphatic carbocycles. The highest BCUT2D eigenvalue weighted by atomic mass is 32.2. The molecule has 2 saturated heterocycles. The van der Waals surface area contributed by atoms with Crippen molar-refractivity contribution in [3.63, 3.8) is 0 Å². The summed E-state index contributed by atoms with van der Waals surface area (Å²) < 4.78 is 43.2. The van der Waals surface area contributed by atoms with Gasteiger partial charge in [0.25, 0.3) is 0 Å². The van der Waals surface area contributed by atoms with Gasteiger partial charge in [0.1, 0.15) is 0 Å². The number of sulfonamides is 1. The van der Waals surface area contributed by atoms with E-state index in [2.05, 4.69) is 11.9 Å². The van der Waals surface area contributed by atoms with Crippen LogP contribution in [0.5, 0.6) is 17.2 Å². The number of pyridine rings is 1. The highest BCUT2D eigenvalue weighted by molar-refractivity contribution is 7.89. The van der Waals surface area contributed by atoms with Crippen molar-refractivity contribution in [3.8, 4) is 17.2 Å². The van der Waals surface area contributed by atoms with Crippen molar-refractivity contribution >= 4 is 27.6 Å². The lowest BCUT2D eigenvalue weighted by Crippen LogP contribution is -2.45. The van der Waals surface area contributed by atoms with Gasteiger partial charge in [-0.25, -0.2) is 12.7 Å². The first kappa shape index (κ1) is 30.1. The van der Waals surface area contributed by atoms with Crippen LogP contribution in [0.2, 0.25) is 0 Å². The molecular weight excluding hydrogens is 564 g/mol. The number of hydrogen-bond donors (Lipinski definition) is 1. The van der Waals surface area contributed by atoms with Crippen LogP contribution in [0.25, 0.3) is 0 Å². The molecule has 2 aromatic rings. The smallest absolute Gasteiger partial charge is 0.308 e. The van der Waals surface area contributed by atoms with Gasteiger partial charge in [-0.15, -0.1) is 0 Å². The number of carboxylic acid groups (broad SMARTS) is 1. The van der Waals surface area contributed by atoms with Crippen molar-refractivity contribution in [1.82, 2.24) is 14.2 Å². The minimum atomic E-state index is -3.36. The van der Waals surface area contributed by atoms with Gasteiger partial charge in [0.15, 0.2) is 11.5 Å². The normalized spacial score (nSPS) is 23.2. The number of ether oxygens (including phenoxy) is 3. The fourth-order valence-electron chi connectivity index (χ4n) is 6.26. The summed E-state index contributed by atoms with van der Waals surface area (Å²) in [5.41, 5.74) is 1.38. The number of amides is 1. The number of carbonyl (C=O) groups excluding carboxylic acids is 1. The monoisotopic (exact) mass is 602 g/mol. The number of aromatic nitrogens is 1. The maximum Gasteiger partial charge on any atom is 0.308 e. The Labute approximate surface area is 246 Å². The Bertz CT molecular complexity index is 1390. The lowest BCUT2D eigenvalue weighted by molar-refractivity contribution is -0.143. The van der Waals surface area contributed by atoms with Crippen molar-refractivity contribution < 1.29 is 37.3 Å². The van der Waals surface area contributed by atoms with Crippen molar-refractivity contribution in [2.24, 2.45) is 5.92 Å². The van der Waals surface area contributed by atoms with E-state index in [0.29, 0.717) is 48.0 Å². The molecule has 1 aromatic carbocycles. The molecule has 0 spiro atoms. The zero-order valence-corrected chi connectivity index (χ0v) is 24.8. The van der Waals surface area contributed by atoms with Gasteiger partial charge < -0.3 is 24.2 Å². The number of hydrogen-bond acceptors (Lipinski definition) is 9. The lowest BCUT2D eigenvalue weighted by Gasteiger charge is -2.30. The molecule has 1 aromatic heterocycles. The summed E-state index contributed by atoms with van der Waals surface area (Å²) >= 11 is 0. The lowest BCUT2D eigenvalue weighted by atomic mass is 9.84. The molecule has 1 amide bonds. The van der Waals surface area contributed by atoms with E-state index < -0.39 is 33.9 Å². The van der Waals surface area contributed by atoms with Gasteiger partial charge in [-0.3, -0.25) is 19.5 Å². The molecule has 12 nitrogen and oxygen atoms in total. The van der Waals surface area contributed by atoms with E-state index in [9.17, 15) is 23.1 Å². The number of unbranched alkanes of at least 4 members (excludes halogenated alkanes) is 1. The quantitative estimate of drug-likeness (QED) is 0.386. The van der Waals surface area contributed by atoms with Crippen molar-refractivity contribution in [1.29, 1.82) is 0 Å². The van der Waals surface area contributed by atoms with Crippen molar-refractivity contribution in [2.45, 2.75) is 44.6 Å². The van der Waals surface area contributed by atoms with Crippen molar-refractivity contribution in [2.75, 3.05) is 57.3 Å². The fraction of sp³-hybridized carbons (Fsp3) is 0.552. The average Bonchev–Trinajstić information content (AvgIpc) is 3.68. The van der Waals surface area contributed by atoms with Crippen LogP contribution in [0.3, 0.4) is 0 Å². The third-order valence-electron chi connectivity index (χ3n) is 8.35. The number of likely N-dealkylation sites (tertiary alicyclic amines) is 1. The van der Waals surface area contributed by atoms with Gasteiger partial charge in [0, 0.05) is 44.3 Å². The van der Waals surface area contributed by atoms with Crippen LogP contribution in [-0.2, 0) is 19.6 Å². The third kappa shape index (κ3) is 6.18. The summed E-state index contributed by atoms with van der Waals surface area (Å²) in [6, 6.07) is 6.58. The Morgan fingerprint density at radius 1 is 1.26 bits per heavy atom. The highest BCUT2D eigenvalue weighted by Crippen LogP contribution is 2.47. The Morgan fingerprint density at radius 2 is 2.10 bits per heavy atom. The number of aliphatic carboxylic acids is 1. The molecule has 13 heteroatoms. The van der Waals surface area contributed by atoms with E-state index in [0.717, 1.165) is 12.8 Å². The van der Waals surface area contributed by atoms with E-state index in [1.165, 1.54) is 11.4 Å². The Morgan fingerprint density at radius 3 is 2.76 bits per heavy atom. The summed E-state index contributed by atoms with van der Waals surface area (Å²) in [6.07, 6.45) is 5.83. The number of carboxylic acids is 1. The average molecular weight is 603 g/mol. The minimum Gasteiger partial charge on any atom is -0.493 e. The number of anilines is 1. The molecule has 3 aliphatic rings. The van der Waals surface area contributed by atoms with Crippen LogP contribution in [0.4, 0.5) is 5.69 Å². The van der Waals surface area contributed by atoms with E-state index in [4.69, 9.17) is 14.2 Å². The predicted molar refractivity (Wildman–Crippen MR) is 154 cm³/mol. The number of benzene rings is 1. The predicted octanol–water partition coefficient (Wildman–Crippen LogP) is 2.55. The summed E-state index contributed by atoms with van der Waals surface area (Å²) in [5, 5.41) is 10.5. The van der Waals surface area contributed by atoms with E-state index >= 15 is 0 Å². The summed E-state index contributed by atoms with van der Waals surface area (Å²) in [5.74, 6) is -1.07. The highest BCUT2D eigenvalue weighted by Gasteiger charge is 2.48. The molecule has 3 atom stereocenters. The molecule has 5 rings (SSSR count). The van der Waals surface area contributed by atoms with Gasteiger partial charge in [-0.1, -0.05) is 13.3 Å². The molecule has 2 fully saturated rings. The largest absolute Gasteiger partial charge is 0.493 e. The molecule has 1 unspecified atom stereocenters. The molecule has 42 heavy (non-hydrogen) atoms. The zero-order valence-electron chi connectivity index (χ0n) is 24.0. The van der Waals surface area contributed by atoms with Gasteiger partial charge in [0.2, 0.25) is 28.5 Å². The molecule has 4 heterocycles. The van der Waals surface area contributed by atoms with Crippen LogP contribution in [0, 0.1) is 5.92 Å². The van der Waals surface area contributed by atoms with Gasteiger partial charge >= 0.3 is 5.97 Å². The Kier molecular flexibility index (Phi) is 9.19. The van der Waals surface area contributed by atoms with Crippen LogP contribution in [0.1, 0.15) is 44.1 Å². The molecule has 1 N–H and O–H groups in total. The summed E-state index contributed by atoms with van der Waals surface area (Å²) in [4.78, 5) is 34.5. The molecule has 0 saturated carbocycles. The molecule has 0 radical (unpaired) electrons. The number of fused-ring (bicyclic) bond motifs is 1. The Balaban J connectivity index is 1.47. The van der Waals surface area contributed by atoms with Crippen LogP contribution in [-0.4, -0.2) is 98.0 Å². The second-order valence-electron chi connectivity index (χ2n) is 10.9. The maximum absolute atomic E-state index is 13.8. The number of rotatable bonds is 12. The van der Waals surface area contributed by atoms with Crippen LogP contribution >= 0.6 is 0 Å². The summed E-state index contributed by atoms with van der Waals surface area (Å²) in [6.45, 7) is 3.49. The van der Waals surface area contributed by atoms with Gasteiger partial charge in [-0.05, 0) is 49.1 Å². The third-order valence-corrected chi connectivity index (χ3v) is 10.3. The second-order valence-corrected chi connectivity index (χ2v) is 13.0. The summed E-state index contributed by atoms with van der Waals surface area (Å²) in [7, 11) is -1.85. The standard InChI is InChI=1S/C29H38N4O8S/c1-3-4-11-33(21-7-5-9-30-16-21)26(34)18-31-17-22(20-14-24(39-2)28-25(15-20)40-19-41-28)27(29(35)36)23(31)8-12-32-10-6-13-42(32,37)38/h5,7,9,14-16,22-23,27H,3-4,6,8,10-13,17-19H2,1-2H3,(H,35,36)/t22-,23+,27?/m1/s1. The van der Waals surface area contributed by atoms with Gasteiger partial charge in [0.05, 0.1) is 37.2 Å². The van der Waals surface area contributed by atoms with Crippen LogP contribution < -0.4 is 19.1 Å². The topological polar surface area (TPSA) is 139 Å². The molecular formula is C29H38N4O8S. The first-order chi connectivity index (χ1) is 20.2. The zero-order chi connectivity index (χ0) is 29.9. The van der Waals surface area contributed by atoms with E-state index in [-0.39, 0.29) is 44.5 Å². The Hall–Kier alpha value is -3.42. The minimum absolute atomic E-state index is 0.0159. The van der Waals surface area contributed by atoms with E-state index in [1.807, 2.05) is 11.0 Å². The first-order valence-corrected chi connectivity index (χ1v) is 16.0. The van der Waals surface area contributed by atoms with E-state index in [1.54, 1.807) is 35.5 Å². The van der Waals surface area contributed by atoms with Gasteiger partial charge in [-0.2, -0.15) is 0 Å². The number of carbonyl (C=O) groups is 2. The number of nitrogens with zero attached hydrogens (tertiary/aromatic N) is 4. The van der Waals surface area contributed by atoms with Crippen molar-refractivity contribution in [3.05, 3.63) is 42.2 Å².